The molecule has 3 rings (SSSR count). The molecule has 0 fully saturated rings. The van der Waals surface area contributed by atoms with E-state index in [1.54, 1.807) is 0 Å². The smallest absolute Gasteiger partial charge is 0.278 e. The van der Waals surface area contributed by atoms with Crippen molar-refractivity contribution in [2.75, 3.05) is 0 Å². The highest BCUT2D eigenvalue weighted by atomic mass is 16.3. The number of aromatic nitrogens is 2. The van der Waals surface area contributed by atoms with Crippen LogP contribution < -0.4 is 5.56 Å². The van der Waals surface area contributed by atoms with Crippen LogP contribution in [0.15, 0.2) is 33.5 Å². The van der Waals surface area contributed by atoms with Gasteiger partial charge in [0.25, 0.3) is 5.56 Å². The molecule has 0 amide bonds. The van der Waals surface area contributed by atoms with E-state index in [-0.39, 0.29) is 5.56 Å². The van der Waals surface area contributed by atoms with Crippen molar-refractivity contribution in [3.63, 3.8) is 0 Å². The van der Waals surface area contributed by atoms with Crippen LogP contribution in [0.5, 0.6) is 0 Å². The average molecular weight is 242 g/mol. The molecule has 0 unspecified atom stereocenters. The Balaban J connectivity index is 2.34. The summed E-state index contributed by atoms with van der Waals surface area (Å²) >= 11 is 0. The Hall–Kier alpha value is -2.10. The van der Waals surface area contributed by atoms with Crippen molar-refractivity contribution in [1.82, 2.24) is 9.97 Å². The number of nitrogens with one attached hydrogen (secondary N) is 1. The second-order valence-electron chi connectivity index (χ2n) is 4.88. The fourth-order valence-electron chi connectivity index (χ4n) is 2.11. The van der Waals surface area contributed by atoms with Crippen LogP contribution in [-0.2, 0) is 6.42 Å². The van der Waals surface area contributed by atoms with Crippen molar-refractivity contribution in [3.05, 3.63) is 40.5 Å². The van der Waals surface area contributed by atoms with Crippen molar-refractivity contribution < 1.29 is 4.42 Å². The van der Waals surface area contributed by atoms with Crippen molar-refractivity contribution in [3.8, 4) is 0 Å². The lowest BCUT2D eigenvalue weighted by molar-refractivity contribution is 0.483. The van der Waals surface area contributed by atoms with Crippen LogP contribution in [0.4, 0.5) is 0 Å². The highest BCUT2D eigenvalue weighted by Gasteiger charge is 2.13. The van der Waals surface area contributed by atoms with E-state index in [1.165, 1.54) is 0 Å². The zero-order valence-corrected chi connectivity index (χ0v) is 10.4. The second kappa shape index (κ2) is 3.98. The van der Waals surface area contributed by atoms with Crippen LogP contribution >= 0.6 is 0 Å². The molecule has 0 spiro atoms. The van der Waals surface area contributed by atoms with Crippen LogP contribution in [0.2, 0.25) is 0 Å². The summed E-state index contributed by atoms with van der Waals surface area (Å²) < 4.78 is 5.74. The fourth-order valence-corrected chi connectivity index (χ4v) is 2.11. The van der Waals surface area contributed by atoms with Crippen LogP contribution in [0.1, 0.15) is 19.7 Å². The van der Waals surface area contributed by atoms with E-state index < -0.39 is 0 Å². The van der Waals surface area contributed by atoms with Gasteiger partial charge in [-0.05, 0) is 18.1 Å². The first-order valence-electron chi connectivity index (χ1n) is 6.05. The molecule has 1 aromatic carbocycles. The molecule has 3 aromatic rings. The number of hydrogen-bond donors (Lipinski definition) is 1. The molecule has 0 atom stereocenters. The van der Waals surface area contributed by atoms with Crippen molar-refractivity contribution in [2.24, 2.45) is 5.92 Å². The summed E-state index contributed by atoms with van der Waals surface area (Å²) in [6.07, 6.45) is 0.739. The summed E-state index contributed by atoms with van der Waals surface area (Å²) in [5.41, 5.74) is 1.57. The van der Waals surface area contributed by atoms with E-state index in [9.17, 15) is 4.79 Å². The maximum atomic E-state index is 11.9. The Morgan fingerprint density at radius 1 is 1.33 bits per heavy atom. The first-order chi connectivity index (χ1) is 8.65. The minimum atomic E-state index is -0.192. The van der Waals surface area contributed by atoms with Gasteiger partial charge in [-0.2, -0.15) is 0 Å². The number of fused-ring (bicyclic) bond motifs is 3. The molecule has 4 nitrogen and oxygen atoms in total. The standard InChI is InChI=1S/C14H14N2O2/c1-8(2)7-11-16-12-13(18-11)9-5-3-4-6-10(9)15-14(12)17/h3-6,8H,7H2,1-2H3,(H,15,17). The number of hydrogen-bond acceptors (Lipinski definition) is 3. The Labute approximate surface area is 104 Å². The quantitative estimate of drug-likeness (QED) is 0.751. The molecule has 92 valence electrons. The Bertz CT molecular complexity index is 768. The van der Waals surface area contributed by atoms with E-state index in [4.69, 9.17) is 4.42 Å². The van der Waals surface area contributed by atoms with E-state index in [0.29, 0.717) is 22.9 Å². The SMILES string of the molecule is CC(C)Cc1nc2c(=O)[nH]c3ccccc3c2o1. The molecule has 0 saturated carbocycles. The molecule has 0 aliphatic carbocycles. The predicted molar refractivity (Wildman–Crippen MR) is 70.7 cm³/mol. The predicted octanol–water partition coefficient (Wildman–Crippen LogP) is 2.87. The van der Waals surface area contributed by atoms with E-state index in [1.807, 2.05) is 24.3 Å². The summed E-state index contributed by atoms with van der Waals surface area (Å²) in [4.78, 5) is 19.0. The zero-order chi connectivity index (χ0) is 12.7. The molecule has 2 aromatic heterocycles. The van der Waals surface area contributed by atoms with Gasteiger partial charge in [-0.3, -0.25) is 4.79 Å². The number of aromatic amines is 1. The number of H-pyrrole nitrogens is 1. The minimum absolute atomic E-state index is 0.192. The normalized spacial score (nSPS) is 11.7. The van der Waals surface area contributed by atoms with Gasteiger partial charge in [-0.15, -0.1) is 0 Å². The van der Waals surface area contributed by atoms with Crippen molar-refractivity contribution in [1.29, 1.82) is 0 Å². The maximum Gasteiger partial charge on any atom is 0.278 e. The van der Waals surface area contributed by atoms with Gasteiger partial charge >= 0.3 is 0 Å². The van der Waals surface area contributed by atoms with Crippen LogP contribution in [0.3, 0.4) is 0 Å². The van der Waals surface area contributed by atoms with Gasteiger partial charge in [0.1, 0.15) is 0 Å². The lowest BCUT2D eigenvalue weighted by Crippen LogP contribution is -2.06. The molecular formula is C14H14N2O2. The summed E-state index contributed by atoms with van der Waals surface area (Å²) in [6, 6.07) is 7.60. The Morgan fingerprint density at radius 3 is 2.89 bits per heavy atom. The second-order valence-corrected chi connectivity index (χ2v) is 4.88. The molecule has 0 saturated heterocycles. The lowest BCUT2D eigenvalue weighted by atomic mass is 10.1. The number of rotatable bonds is 2. The van der Waals surface area contributed by atoms with Gasteiger partial charge in [-0.25, -0.2) is 4.98 Å². The minimum Gasteiger partial charge on any atom is -0.440 e. The lowest BCUT2D eigenvalue weighted by Gasteiger charge is -1.97. The van der Waals surface area contributed by atoms with Crippen molar-refractivity contribution in [2.45, 2.75) is 20.3 Å². The first-order valence-corrected chi connectivity index (χ1v) is 6.05. The van der Waals surface area contributed by atoms with Crippen LogP contribution in [0, 0.1) is 5.92 Å². The molecule has 2 heterocycles. The van der Waals surface area contributed by atoms with Crippen molar-refractivity contribution >= 4 is 22.0 Å². The van der Waals surface area contributed by atoms with Crippen LogP contribution in [-0.4, -0.2) is 9.97 Å². The first kappa shape index (κ1) is 11.0. The van der Waals surface area contributed by atoms with Gasteiger partial charge in [-0.1, -0.05) is 26.0 Å². The third-order valence-corrected chi connectivity index (χ3v) is 2.89. The molecule has 1 N–H and O–H groups in total. The number of nitrogens with zero attached hydrogens (tertiary/aromatic N) is 1. The molecule has 18 heavy (non-hydrogen) atoms. The third kappa shape index (κ3) is 1.70. The van der Waals surface area contributed by atoms with Gasteiger partial charge < -0.3 is 9.40 Å². The largest absolute Gasteiger partial charge is 0.440 e. The third-order valence-electron chi connectivity index (χ3n) is 2.89. The molecule has 0 radical (unpaired) electrons. The summed E-state index contributed by atoms with van der Waals surface area (Å²) in [5.74, 6) is 1.07. The van der Waals surface area contributed by atoms with Gasteiger partial charge in [0.2, 0.25) is 0 Å². The zero-order valence-electron chi connectivity index (χ0n) is 10.4. The monoisotopic (exact) mass is 242 g/mol. The topological polar surface area (TPSA) is 58.9 Å². The Morgan fingerprint density at radius 2 is 2.11 bits per heavy atom. The number of pyridine rings is 1. The average Bonchev–Trinajstić information content (AvgIpc) is 2.73. The van der Waals surface area contributed by atoms with Gasteiger partial charge in [0.05, 0.1) is 5.52 Å². The Kier molecular flexibility index (Phi) is 2.44. The summed E-state index contributed by atoms with van der Waals surface area (Å²) in [6.45, 7) is 4.19. The number of oxazole rings is 1. The highest BCUT2D eigenvalue weighted by Crippen LogP contribution is 2.22. The van der Waals surface area contributed by atoms with E-state index in [0.717, 1.165) is 17.3 Å². The number of para-hydroxylation sites is 1. The molecular weight excluding hydrogens is 228 g/mol. The highest BCUT2D eigenvalue weighted by molar-refractivity contribution is 6.00. The maximum absolute atomic E-state index is 11.9. The van der Waals surface area contributed by atoms with E-state index in [2.05, 4.69) is 23.8 Å². The summed E-state index contributed by atoms with van der Waals surface area (Å²) in [7, 11) is 0. The number of benzene rings is 1. The molecule has 4 heteroatoms. The molecule has 0 aliphatic rings. The summed E-state index contributed by atoms with van der Waals surface area (Å²) in [5, 5.41) is 0.898. The van der Waals surface area contributed by atoms with Gasteiger partial charge in [0.15, 0.2) is 17.0 Å². The van der Waals surface area contributed by atoms with E-state index >= 15 is 0 Å². The van der Waals surface area contributed by atoms with Gasteiger partial charge in [0, 0.05) is 11.8 Å². The molecule has 0 bridgehead atoms. The van der Waals surface area contributed by atoms with Crippen LogP contribution in [0.25, 0.3) is 22.0 Å². The fraction of sp³-hybridized carbons (Fsp3) is 0.286. The molecule has 0 aliphatic heterocycles.